The molecule has 150 valence electrons. The summed E-state index contributed by atoms with van der Waals surface area (Å²) in [5.41, 5.74) is 1.50. The van der Waals surface area contributed by atoms with Crippen molar-refractivity contribution in [3.05, 3.63) is 54.1 Å². The number of nitrogens with zero attached hydrogens (tertiary/aromatic N) is 2. The molecular weight excluding hydrogens is 380 g/mol. The minimum absolute atomic E-state index is 0.0587. The summed E-state index contributed by atoms with van der Waals surface area (Å²) >= 11 is 0. The van der Waals surface area contributed by atoms with Crippen LogP contribution in [-0.4, -0.2) is 59.2 Å². The number of anilines is 1. The van der Waals surface area contributed by atoms with Crippen molar-refractivity contribution >= 4 is 21.6 Å². The Balaban J connectivity index is 1.63. The van der Waals surface area contributed by atoms with Crippen LogP contribution in [0.4, 0.5) is 5.69 Å². The van der Waals surface area contributed by atoms with E-state index in [2.05, 4.69) is 0 Å². The highest BCUT2D eigenvalue weighted by atomic mass is 32.2. The molecule has 1 aliphatic heterocycles. The fraction of sp³-hybridized carbons (Fsp3) is 0.350. The van der Waals surface area contributed by atoms with Gasteiger partial charge in [-0.15, -0.1) is 0 Å². The van der Waals surface area contributed by atoms with Gasteiger partial charge in [-0.25, -0.2) is 8.42 Å². The maximum absolute atomic E-state index is 12.8. The molecule has 0 atom stereocenters. The Morgan fingerprint density at radius 3 is 2.29 bits per heavy atom. The first kappa shape index (κ1) is 20.2. The third kappa shape index (κ3) is 4.63. The normalized spacial score (nSPS) is 14.6. The molecule has 0 N–H and O–H groups in total. The number of aryl methyl sites for hydroxylation is 1. The Morgan fingerprint density at radius 2 is 1.68 bits per heavy atom. The molecule has 0 aromatic heterocycles. The first-order valence-corrected chi connectivity index (χ1v) is 10.5. The number of sulfonamides is 1. The molecule has 0 bridgehead atoms. The SMILES string of the molecule is Cc1ccc(S(=O)(=O)N(C)c2ccc(OCC(=O)N3CCOCC3)cc2)cc1. The topological polar surface area (TPSA) is 76.2 Å². The molecule has 1 saturated heterocycles. The van der Waals surface area contributed by atoms with Crippen LogP contribution in [0.3, 0.4) is 0 Å². The monoisotopic (exact) mass is 404 g/mol. The molecule has 2 aromatic rings. The van der Waals surface area contributed by atoms with Crippen LogP contribution in [0.5, 0.6) is 5.75 Å². The van der Waals surface area contributed by atoms with Gasteiger partial charge < -0.3 is 14.4 Å². The summed E-state index contributed by atoms with van der Waals surface area (Å²) in [4.78, 5) is 14.1. The summed E-state index contributed by atoms with van der Waals surface area (Å²) in [6.07, 6.45) is 0. The Morgan fingerprint density at radius 1 is 1.07 bits per heavy atom. The van der Waals surface area contributed by atoms with Crippen molar-refractivity contribution in [3.63, 3.8) is 0 Å². The average Bonchev–Trinajstić information content (AvgIpc) is 2.73. The molecule has 0 aliphatic carbocycles. The van der Waals surface area contributed by atoms with Gasteiger partial charge in [-0.05, 0) is 43.3 Å². The molecule has 28 heavy (non-hydrogen) atoms. The lowest BCUT2D eigenvalue weighted by molar-refractivity contribution is -0.137. The standard InChI is InChI=1S/C20H24N2O5S/c1-16-3-9-19(10-4-16)28(24,25)21(2)17-5-7-18(8-6-17)27-15-20(23)22-11-13-26-14-12-22/h3-10H,11-15H2,1-2H3. The molecule has 3 rings (SSSR count). The minimum Gasteiger partial charge on any atom is -0.484 e. The van der Waals surface area contributed by atoms with Gasteiger partial charge in [0.15, 0.2) is 6.61 Å². The summed E-state index contributed by atoms with van der Waals surface area (Å²) in [6.45, 7) is 4.08. The number of morpholine rings is 1. The van der Waals surface area contributed by atoms with Gasteiger partial charge in [0.2, 0.25) is 0 Å². The summed E-state index contributed by atoms with van der Waals surface area (Å²) in [5.74, 6) is 0.415. The highest BCUT2D eigenvalue weighted by molar-refractivity contribution is 7.92. The van der Waals surface area contributed by atoms with Gasteiger partial charge in [-0.1, -0.05) is 17.7 Å². The average molecular weight is 404 g/mol. The highest BCUT2D eigenvalue weighted by Gasteiger charge is 2.21. The van der Waals surface area contributed by atoms with Gasteiger partial charge in [0.05, 0.1) is 23.8 Å². The number of hydrogen-bond donors (Lipinski definition) is 0. The minimum atomic E-state index is -3.64. The van der Waals surface area contributed by atoms with Crippen molar-refractivity contribution < 1.29 is 22.7 Å². The quantitative estimate of drug-likeness (QED) is 0.737. The zero-order valence-corrected chi connectivity index (χ0v) is 16.8. The summed E-state index contributed by atoms with van der Waals surface area (Å²) < 4.78 is 37.5. The molecule has 0 saturated carbocycles. The van der Waals surface area contributed by atoms with Crippen LogP contribution in [0.2, 0.25) is 0 Å². The number of ether oxygens (including phenoxy) is 2. The van der Waals surface area contributed by atoms with E-state index in [9.17, 15) is 13.2 Å². The number of benzene rings is 2. The Hall–Kier alpha value is -2.58. The smallest absolute Gasteiger partial charge is 0.264 e. The Kier molecular flexibility index (Phi) is 6.21. The van der Waals surface area contributed by atoms with E-state index in [1.54, 1.807) is 53.4 Å². The fourth-order valence-electron chi connectivity index (χ4n) is 2.81. The number of hydrogen-bond acceptors (Lipinski definition) is 5. The number of rotatable bonds is 6. The molecule has 0 spiro atoms. The van der Waals surface area contributed by atoms with Crippen molar-refractivity contribution in [2.45, 2.75) is 11.8 Å². The largest absolute Gasteiger partial charge is 0.484 e. The second-order valence-corrected chi connectivity index (χ2v) is 8.53. The van der Waals surface area contributed by atoms with Gasteiger partial charge in [0, 0.05) is 20.1 Å². The van der Waals surface area contributed by atoms with Crippen LogP contribution < -0.4 is 9.04 Å². The van der Waals surface area contributed by atoms with E-state index in [0.29, 0.717) is 37.7 Å². The van der Waals surface area contributed by atoms with Gasteiger partial charge >= 0.3 is 0 Å². The predicted octanol–water partition coefficient (Wildman–Crippen LogP) is 2.06. The molecule has 1 amide bonds. The van der Waals surface area contributed by atoms with Gasteiger partial charge in [-0.3, -0.25) is 9.10 Å². The van der Waals surface area contributed by atoms with E-state index in [4.69, 9.17) is 9.47 Å². The molecule has 2 aromatic carbocycles. The zero-order valence-electron chi connectivity index (χ0n) is 16.0. The number of carbonyl (C=O) groups excluding carboxylic acids is 1. The molecule has 0 unspecified atom stereocenters. The van der Waals surface area contributed by atoms with Crippen LogP contribution in [0.25, 0.3) is 0 Å². The van der Waals surface area contributed by atoms with Gasteiger partial charge in [0.1, 0.15) is 5.75 Å². The predicted molar refractivity (Wildman–Crippen MR) is 106 cm³/mol. The van der Waals surface area contributed by atoms with Crippen molar-refractivity contribution in [2.75, 3.05) is 44.3 Å². The molecule has 7 nitrogen and oxygen atoms in total. The third-order valence-corrected chi connectivity index (χ3v) is 6.41. The lowest BCUT2D eigenvalue weighted by atomic mass is 10.2. The van der Waals surface area contributed by atoms with Gasteiger partial charge in [-0.2, -0.15) is 0 Å². The van der Waals surface area contributed by atoms with E-state index in [0.717, 1.165) is 5.56 Å². The van der Waals surface area contributed by atoms with E-state index in [-0.39, 0.29) is 17.4 Å². The van der Waals surface area contributed by atoms with Crippen molar-refractivity contribution in [1.82, 2.24) is 4.90 Å². The van der Waals surface area contributed by atoms with Crippen LogP contribution in [0.15, 0.2) is 53.4 Å². The third-order valence-electron chi connectivity index (χ3n) is 4.61. The highest BCUT2D eigenvalue weighted by Crippen LogP contribution is 2.24. The molecule has 8 heteroatoms. The van der Waals surface area contributed by atoms with E-state index >= 15 is 0 Å². The van der Waals surface area contributed by atoms with Crippen LogP contribution >= 0.6 is 0 Å². The van der Waals surface area contributed by atoms with Crippen LogP contribution in [0, 0.1) is 6.92 Å². The van der Waals surface area contributed by atoms with E-state index in [1.807, 2.05) is 6.92 Å². The molecule has 1 heterocycles. The molecule has 1 fully saturated rings. The maximum atomic E-state index is 12.8. The Labute approximate surface area is 165 Å². The fourth-order valence-corrected chi connectivity index (χ4v) is 4.00. The van der Waals surface area contributed by atoms with E-state index < -0.39 is 10.0 Å². The zero-order chi connectivity index (χ0) is 20.1. The first-order valence-electron chi connectivity index (χ1n) is 9.02. The first-order chi connectivity index (χ1) is 13.4. The Bertz CT molecular complexity index is 905. The second-order valence-electron chi connectivity index (χ2n) is 6.56. The lowest BCUT2D eigenvalue weighted by Gasteiger charge is -2.26. The van der Waals surface area contributed by atoms with Crippen LogP contribution in [-0.2, 0) is 19.6 Å². The molecule has 0 radical (unpaired) electrons. The summed E-state index contributed by atoms with van der Waals surface area (Å²) in [7, 11) is -2.14. The summed E-state index contributed by atoms with van der Waals surface area (Å²) in [5, 5.41) is 0. The lowest BCUT2D eigenvalue weighted by Crippen LogP contribution is -2.42. The van der Waals surface area contributed by atoms with Crippen LogP contribution in [0.1, 0.15) is 5.56 Å². The number of amides is 1. The second kappa shape index (κ2) is 8.62. The van der Waals surface area contributed by atoms with Crippen molar-refractivity contribution in [1.29, 1.82) is 0 Å². The van der Waals surface area contributed by atoms with E-state index in [1.165, 1.54) is 11.4 Å². The van der Waals surface area contributed by atoms with Crippen molar-refractivity contribution in [3.8, 4) is 5.75 Å². The molecular formula is C20H24N2O5S. The maximum Gasteiger partial charge on any atom is 0.264 e. The van der Waals surface area contributed by atoms with Gasteiger partial charge in [0.25, 0.3) is 15.9 Å². The van der Waals surface area contributed by atoms with Crippen molar-refractivity contribution in [2.24, 2.45) is 0 Å². The molecule has 1 aliphatic rings. The number of carbonyl (C=O) groups is 1. The summed E-state index contributed by atoms with van der Waals surface area (Å²) in [6, 6.07) is 13.3.